The zero-order chi connectivity index (χ0) is 13.0. The molecule has 0 aliphatic heterocycles. The molecule has 0 unspecified atom stereocenters. The van der Waals surface area contributed by atoms with Crippen LogP contribution in [0.25, 0.3) is 11.1 Å². The van der Waals surface area contributed by atoms with Gasteiger partial charge in [0.2, 0.25) is 0 Å². The average Bonchev–Trinajstić information content (AvgIpc) is 2.39. The molecule has 0 spiro atoms. The van der Waals surface area contributed by atoms with Crippen LogP contribution in [0.1, 0.15) is 18.0 Å². The fraction of sp³-hybridized carbons (Fsp3) is 0.133. The Hall–Kier alpha value is -2.13. The molecule has 0 radical (unpaired) electrons. The normalized spacial score (nSPS) is 12.1. The molecule has 0 saturated heterocycles. The van der Waals surface area contributed by atoms with Gasteiger partial charge in [0, 0.05) is 6.04 Å². The lowest BCUT2D eigenvalue weighted by Gasteiger charge is -2.11. The number of nitrogens with two attached hydrogens (primary N) is 1. The molecule has 3 N–H and O–H groups in total. The van der Waals surface area contributed by atoms with Crippen LogP contribution in [0.15, 0.2) is 54.6 Å². The molecule has 0 aliphatic rings. The van der Waals surface area contributed by atoms with E-state index in [1.165, 1.54) is 0 Å². The topological polar surface area (TPSA) is 63.3 Å². The van der Waals surface area contributed by atoms with Gasteiger partial charge in [-0.05, 0) is 22.8 Å². The van der Waals surface area contributed by atoms with Gasteiger partial charge >= 0.3 is 5.97 Å². The summed E-state index contributed by atoms with van der Waals surface area (Å²) in [5.74, 6) is -0.882. The molecule has 0 amide bonds. The molecule has 2 aromatic carbocycles. The van der Waals surface area contributed by atoms with Crippen molar-refractivity contribution in [2.45, 2.75) is 12.5 Å². The van der Waals surface area contributed by atoms with Crippen LogP contribution in [0.5, 0.6) is 0 Å². The van der Waals surface area contributed by atoms with E-state index < -0.39 is 12.0 Å². The van der Waals surface area contributed by atoms with Gasteiger partial charge in [0.25, 0.3) is 0 Å². The molecule has 0 saturated carbocycles. The summed E-state index contributed by atoms with van der Waals surface area (Å²) in [4.78, 5) is 10.7. The summed E-state index contributed by atoms with van der Waals surface area (Å²) >= 11 is 0. The molecule has 0 fully saturated rings. The van der Waals surface area contributed by atoms with E-state index in [1.807, 2.05) is 54.6 Å². The first-order valence-electron chi connectivity index (χ1n) is 5.79. The van der Waals surface area contributed by atoms with Crippen molar-refractivity contribution in [3.63, 3.8) is 0 Å². The zero-order valence-corrected chi connectivity index (χ0v) is 9.91. The van der Waals surface area contributed by atoms with E-state index in [0.29, 0.717) is 0 Å². The highest BCUT2D eigenvalue weighted by Gasteiger charge is 2.11. The Morgan fingerprint density at radius 1 is 1.06 bits per heavy atom. The third-order valence-electron chi connectivity index (χ3n) is 2.82. The lowest BCUT2D eigenvalue weighted by Crippen LogP contribution is -2.14. The first kappa shape index (κ1) is 12.3. The van der Waals surface area contributed by atoms with Crippen LogP contribution in [0, 0.1) is 0 Å². The van der Waals surface area contributed by atoms with Crippen molar-refractivity contribution in [1.82, 2.24) is 0 Å². The van der Waals surface area contributed by atoms with Gasteiger partial charge in [-0.3, -0.25) is 4.79 Å². The Morgan fingerprint density at radius 2 is 1.72 bits per heavy atom. The highest BCUT2D eigenvalue weighted by atomic mass is 16.4. The zero-order valence-electron chi connectivity index (χ0n) is 9.91. The minimum absolute atomic E-state index is 0.0573. The third-order valence-corrected chi connectivity index (χ3v) is 2.82. The maximum Gasteiger partial charge on any atom is 0.305 e. The Balaban J connectivity index is 2.28. The van der Waals surface area contributed by atoms with Crippen LogP contribution in [-0.4, -0.2) is 11.1 Å². The van der Waals surface area contributed by atoms with Gasteiger partial charge < -0.3 is 10.8 Å². The number of hydrogen-bond acceptors (Lipinski definition) is 2. The van der Waals surface area contributed by atoms with Crippen LogP contribution in [0.2, 0.25) is 0 Å². The van der Waals surface area contributed by atoms with Gasteiger partial charge in [0.1, 0.15) is 0 Å². The molecule has 0 heterocycles. The SMILES string of the molecule is N[C@@H](CC(=O)O)c1cccc(-c2ccccc2)c1. The second-order valence-electron chi connectivity index (χ2n) is 4.20. The molecular formula is C15H15NO2. The van der Waals surface area contributed by atoms with Crippen molar-refractivity contribution in [2.75, 3.05) is 0 Å². The molecule has 3 nitrogen and oxygen atoms in total. The summed E-state index contributed by atoms with van der Waals surface area (Å²) in [7, 11) is 0. The van der Waals surface area contributed by atoms with Crippen molar-refractivity contribution < 1.29 is 9.90 Å². The van der Waals surface area contributed by atoms with E-state index >= 15 is 0 Å². The maximum atomic E-state index is 10.7. The molecule has 1 atom stereocenters. The second kappa shape index (κ2) is 5.47. The summed E-state index contributed by atoms with van der Waals surface area (Å²) in [6, 6.07) is 17.2. The third kappa shape index (κ3) is 2.96. The predicted octanol–water partition coefficient (Wildman–Crippen LogP) is 2.83. The van der Waals surface area contributed by atoms with E-state index in [0.717, 1.165) is 16.7 Å². The first-order chi connectivity index (χ1) is 8.66. The fourth-order valence-electron chi connectivity index (χ4n) is 1.89. The van der Waals surface area contributed by atoms with Gasteiger partial charge in [0.15, 0.2) is 0 Å². The van der Waals surface area contributed by atoms with Gasteiger partial charge in [0.05, 0.1) is 6.42 Å². The summed E-state index contributed by atoms with van der Waals surface area (Å²) in [5, 5.41) is 8.75. The van der Waals surface area contributed by atoms with Crippen LogP contribution >= 0.6 is 0 Å². The molecule has 0 aromatic heterocycles. The van der Waals surface area contributed by atoms with Gasteiger partial charge in [-0.25, -0.2) is 0 Å². The quantitative estimate of drug-likeness (QED) is 0.865. The number of carboxylic acids is 1. The smallest absolute Gasteiger partial charge is 0.305 e. The largest absolute Gasteiger partial charge is 0.481 e. The number of aliphatic carboxylic acids is 1. The Morgan fingerprint density at radius 3 is 2.39 bits per heavy atom. The molecule has 0 bridgehead atoms. The monoisotopic (exact) mass is 241 g/mol. The summed E-state index contributed by atoms with van der Waals surface area (Å²) in [6.45, 7) is 0. The summed E-state index contributed by atoms with van der Waals surface area (Å²) in [5.41, 5.74) is 8.86. The molecule has 18 heavy (non-hydrogen) atoms. The Kier molecular flexibility index (Phi) is 3.75. The molecule has 2 rings (SSSR count). The lowest BCUT2D eigenvalue weighted by molar-refractivity contribution is -0.137. The fourth-order valence-corrected chi connectivity index (χ4v) is 1.89. The molecule has 3 heteroatoms. The van der Waals surface area contributed by atoms with Crippen molar-refractivity contribution in [1.29, 1.82) is 0 Å². The van der Waals surface area contributed by atoms with Crippen LogP contribution in [-0.2, 0) is 4.79 Å². The molecule has 2 aromatic rings. The maximum absolute atomic E-state index is 10.7. The predicted molar refractivity (Wildman–Crippen MR) is 71.1 cm³/mol. The average molecular weight is 241 g/mol. The van der Waals surface area contributed by atoms with E-state index in [1.54, 1.807) is 0 Å². The second-order valence-corrected chi connectivity index (χ2v) is 4.20. The van der Waals surface area contributed by atoms with Crippen molar-refractivity contribution in [2.24, 2.45) is 5.73 Å². The van der Waals surface area contributed by atoms with Crippen LogP contribution in [0.3, 0.4) is 0 Å². The van der Waals surface area contributed by atoms with E-state index in [9.17, 15) is 4.79 Å². The highest BCUT2D eigenvalue weighted by Crippen LogP contribution is 2.23. The molecule has 0 aliphatic carbocycles. The van der Waals surface area contributed by atoms with Crippen LogP contribution < -0.4 is 5.73 Å². The lowest BCUT2D eigenvalue weighted by atomic mass is 9.98. The first-order valence-corrected chi connectivity index (χ1v) is 5.79. The van der Waals surface area contributed by atoms with Gasteiger partial charge in [-0.2, -0.15) is 0 Å². The summed E-state index contributed by atoms with van der Waals surface area (Å²) in [6.07, 6.45) is -0.0573. The minimum atomic E-state index is -0.882. The number of benzene rings is 2. The number of carboxylic acid groups (broad SMARTS) is 1. The molecule has 92 valence electrons. The number of carbonyl (C=O) groups is 1. The highest BCUT2D eigenvalue weighted by molar-refractivity contribution is 5.68. The minimum Gasteiger partial charge on any atom is -0.481 e. The van der Waals surface area contributed by atoms with E-state index in [-0.39, 0.29) is 6.42 Å². The van der Waals surface area contributed by atoms with E-state index in [2.05, 4.69) is 0 Å². The standard InChI is InChI=1S/C15H15NO2/c16-14(10-15(17)18)13-8-4-7-12(9-13)11-5-2-1-3-6-11/h1-9,14H,10,16H2,(H,17,18)/t14-/m0/s1. The van der Waals surface area contributed by atoms with Gasteiger partial charge in [-0.15, -0.1) is 0 Å². The Bertz CT molecular complexity index is 537. The number of rotatable bonds is 4. The van der Waals surface area contributed by atoms with Crippen molar-refractivity contribution in [3.05, 3.63) is 60.2 Å². The summed E-state index contributed by atoms with van der Waals surface area (Å²) < 4.78 is 0. The van der Waals surface area contributed by atoms with Gasteiger partial charge in [-0.1, -0.05) is 48.5 Å². The van der Waals surface area contributed by atoms with Crippen molar-refractivity contribution in [3.8, 4) is 11.1 Å². The van der Waals surface area contributed by atoms with Crippen LogP contribution in [0.4, 0.5) is 0 Å². The number of hydrogen-bond donors (Lipinski definition) is 2. The Labute approximate surface area is 106 Å². The van der Waals surface area contributed by atoms with E-state index in [4.69, 9.17) is 10.8 Å². The van der Waals surface area contributed by atoms with Crippen molar-refractivity contribution >= 4 is 5.97 Å². The molecular weight excluding hydrogens is 226 g/mol.